The molecule has 0 aromatic heterocycles. The van der Waals surface area contributed by atoms with Crippen molar-refractivity contribution < 1.29 is 29.6 Å². The fourth-order valence-corrected chi connectivity index (χ4v) is 3.29. The molecule has 0 radical (unpaired) electrons. The third-order valence-corrected chi connectivity index (χ3v) is 4.21. The number of ether oxygens (including phenoxy) is 1. The summed E-state index contributed by atoms with van der Waals surface area (Å²) in [5.74, 6) is -1.87. The highest BCUT2D eigenvalue weighted by Crippen LogP contribution is 2.58. The summed E-state index contributed by atoms with van der Waals surface area (Å²) in [7, 11) is 0. The molecule has 2 saturated carbocycles. The SMILES string of the molecule is O=C(O)C1CC2CCC1(C(=O)OCC(O)CO)C2. The Kier molecular flexibility index (Phi) is 3.59. The molecular formula is C12H18O6. The molecular weight excluding hydrogens is 240 g/mol. The highest BCUT2D eigenvalue weighted by Gasteiger charge is 2.60. The van der Waals surface area contributed by atoms with Gasteiger partial charge in [-0.15, -0.1) is 0 Å². The van der Waals surface area contributed by atoms with Crippen LogP contribution in [-0.2, 0) is 14.3 Å². The number of carbonyl (C=O) groups excluding carboxylic acids is 1. The van der Waals surface area contributed by atoms with Crippen molar-refractivity contribution >= 4 is 11.9 Å². The number of aliphatic hydroxyl groups excluding tert-OH is 2. The Bertz CT molecular complexity index is 354. The summed E-state index contributed by atoms with van der Waals surface area (Å²) in [6, 6.07) is 0. The van der Waals surface area contributed by atoms with Crippen molar-refractivity contribution in [2.45, 2.75) is 31.8 Å². The zero-order valence-electron chi connectivity index (χ0n) is 10.0. The van der Waals surface area contributed by atoms with E-state index in [1.165, 1.54) is 0 Å². The van der Waals surface area contributed by atoms with Crippen LogP contribution in [0, 0.1) is 17.3 Å². The lowest BCUT2D eigenvalue weighted by atomic mass is 9.75. The van der Waals surface area contributed by atoms with Gasteiger partial charge in [0.15, 0.2) is 0 Å². The molecule has 4 atom stereocenters. The minimum absolute atomic E-state index is 0.284. The fraction of sp³-hybridized carbons (Fsp3) is 0.833. The summed E-state index contributed by atoms with van der Waals surface area (Å²) in [6.07, 6.45) is 1.40. The van der Waals surface area contributed by atoms with Gasteiger partial charge in [0.1, 0.15) is 12.7 Å². The van der Waals surface area contributed by atoms with Crippen LogP contribution in [0.15, 0.2) is 0 Å². The van der Waals surface area contributed by atoms with Crippen LogP contribution in [0.2, 0.25) is 0 Å². The summed E-state index contributed by atoms with van der Waals surface area (Å²) < 4.78 is 4.97. The number of aliphatic carboxylic acids is 1. The van der Waals surface area contributed by atoms with E-state index < -0.39 is 36.0 Å². The summed E-state index contributed by atoms with van der Waals surface area (Å²) in [5.41, 5.74) is -0.911. The summed E-state index contributed by atoms with van der Waals surface area (Å²) in [4.78, 5) is 23.3. The normalized spacial score (nSPS) is 35.4. The summed E-state index contributed by atoms with van der Waals surface area (Å²) >= 11 is 0. The van der Waals surface area contributed by atoms with Crippen LogP contribution in [0.4, 0.5) is 0 Å². The Morgan fingerprint density at radius 2 is 2.17 bits per heavy atom. The predicted octanol–water partition coefficient (Wildman–Crippen LogP) is -0.226. The Morgan fingerprint density at radius 1 is 1.44 bits per heavy atom. The van der Waals surface area contributed by atoms with Crippen molar-refractivity contribution in [1.82, 2.24) is 0 Å². The highest BCUT2D eigenvalue weighted by atomic mass is 16.5. The first-order chi connectivity index (χ1) is 8.49. The molecule has 0 heterocycles. The topological polar surface area (TPSA) is 104 Å². The quantitative estimate of drug-likeness (QED) is 0.589. The first kappa shape index (κ1) is 13.3. The lowest BCUT2D eigenvalue weighted by molar-refractivity contribution is -0.168. The van der Waals surface area contributed by atoms with E-state index in [1.807, 2.05) is 0 Å². The van der Waals surface area contributed by atoms with Crippen LogP contribution in [0.3, 0.4) is 0 Å². The minimum atomic E-state index is -1.10. The third-order valence-electron chi connectivity index (χ3n) is 4.21. The van der Waals surface area contributed by atoms with Crippen LogP contribution in [0.5, 0.6) is 0 Å². The molecule has 0 saturated heterocycles. The van der Waals surface area contributed by atoms with Gasteiger partial charge in [0.25, 0.3) is 0 Å². The van der Waals surface area contributed by atoms with Gasteiger partial charge in [-0.2, -0.15) is 0 Å². The Labute approximate surface area is 105 Å². The molecule has 2 aliphatic rings. The van der Waals surface area contributed by atoms with Crippen molar-refractivity contribution in [3.63, 3.8) is 0 Å². The number of esters is 1. The van der Waals surface area contributed by atoms with Crippen LogP contribution in [-0.4, -0.2) is 46.6 Å². The Balaban J connectivity index is 2.04. The lowest BCUT2D eigenvalue weighted by Gasteiger charge is -2.30. The van der Waals surface area contributed by atoms with E-state index >= 15 is 0 Å². The predicted molar refractivity (Wildman–Crippen MR) is 59.6 cm³/mol. The van der Waals surface area contributed by atoms with Crippen LogP contribution >= 0.6 is 0 Å². The van der Waals surface area contributed by atoms with E-state index in [4.69, 9.17) is 14.9 Å². The molecule has 6 heteroatoms. The maximum Gasteiger partial charge on any atom is 0.313 e. The zero-order chi connectivity index (χ0) is 13.3. The van der Waals surface area contributed by atoms with Crippen molar-refractivity contribution in [3.8, 4) is 0 Å². The van der Waals surface area contributed by atoms with Gasteiger partial charge in [-0.3, -0.25) is 9.59 Å². The van der Waals surface area contributed by atoms with Gasteiger partial charge in [0.2, 0.25) is 0 Å². The standard InChI is InChI=1S/C12H18O6/c13-5-8(14)6-18-11(17)12-2-1-7(4-12)3-9(12)10(15)16/h7-9,13-14H,1-6H2,(H,15,16). The first-order valence-corrected chi connectivity index (χ1v) is 6.18. The molecule has 4 unspecified atom stereocenters. The molecule has 2 fully saturated rings. The fourth-order valence-electron chi connectivity index (χ4n) is 3.29. The van der Waals surface area contributed by atoms with Crippen LogP contribution in [0.1, 0.15) is 25.7 Å². The molecule has 0 spiro atoms. The molecule has 2 rings (SSSR count). The van der Waals surface area contributed by atoms with Gasteiger partial charge in [0, 0.05) is 0 Å². The number of hydrogen-bond donors (Lipinski definition) is 3. The van der Waals surface area contributed by atoms with Crippen molar-refractivity contribution in [1.29, 1.82) is 0 Å². The number of rotatable bonds is 5. The highest BCUT2D eigenvalue weighted by molar-refractivity contribution is 5.86. The van der Waals surface area contributed by atoms with Gasteiger partial charge in [0.05, 0.1) is 17.9 Å². The molecule has 2 bridgehead atoms. The van der Waals surface area contributed by atoms with Gasteiger partial charge in [-0.25, -0.2) is 0 Å². The lowest BCUT2D eigenvalue weighted by Crippen LogP contribution is -2.40. The monoisotopic (exact) mass is 258 g/mol. The van der Waals surface area contributed by atoms with Gasteiger partial charge >= 0.3 is 11.9 Å². The van der Waals surface area contributed by atoms with E-state index in [0.717, 1.165) is 6.42 Å². The van der Waals surface area contributed by atoms with E-state index in [9.17, 15) is 14.7 Å². The molecule has 0 aliphatic heterocycles. The molecule has 2 aliphatic carbocycles. The van der Waals surface area contributed by atoms with Gasteiger partial charge in [-0.05, 0) is 31.6 Å². The van der Waals surface area contributed by atoms with Crippen LogP contribution < -0.4 is 0 Å². The third kappa shape index (κ3) is 2.10. The van der Waals surface area contributed by atoms with E-state index in [1.54, 1.807) is 0 Å². The van der Waals surface area contributed by atoms with E-state index in [0.29, 0.717) is 25.2 Å². The van der Waals surface area contributed by atoms with Gasteiger partial charge < -0.3 is 20.1 Å². The van der Waals surface area contributed by atoms with Crippen molar-refractivity contribution in [2.24, 2.45) is 17.3 Å². The van der Waals surface area contributed by atoms with Crippen LogP contribution in [0.25, 0.3) is 0 Å². The molecule has 0 aromatic rings. The number of carboxylic acids is 1. The maximum absolute atomic E-state index is 12.1. The maximum atomic E-state index is 12.1. The second kappa shape index (κ2) is 4.85. The molecule has 3 N–H and O–H groups in total. The number of hydrogen-bond acceptors (Lipinski definition) is 5. The molecule has 102 valence electrons. The molecule has 6 nitrogen and oxygen atoms in total. The molecule has 18 heavy (non-hydrogen) atoms. The average molecular weight is 258 g/mol. The number of fused-ring (bicyclic) bond motifs is 2. The van der Waals surface area contributed by atoms with Crippen molar-refractivity contribution in [3.05, 3.63) is 0 Å². The minimum Gasteiger partial charge on any atom is -0.481 e. The Hall–Kier alpha value is -1.14. The molecule has 0 amide bonds. The van der Waals surface area contributed by atoms with Gasteiger partial charge in [-0.1, -0.05) is 0 Å². The summed E-state index contributed by atoms with van der Waals surface area (Å²) in [5, 5.41) is 27.0. The average Bonchev–Trinajstić information content (AvgIpc) is 2.94. The second-order valence-corrected chi connectivity index (χ2v) is 5.33. The second-order valence-electron chi connectivity index (χ2n) is 5.33. The smallest absolute Gasteiger partial charge is 0.313 e. The Morgan fingerprint density at radius 3 is 2.72 bits per heavy atom. The largest absolute Gasteiger partial charge is 0.481 e. The number of carboxylic acid groups (broad SMARTS) is 1. The number of aliphatic hydroxyl groups is 2. The van der Waals surface area contributed by atoms with Crippen molar-refractivity contribution in [2.75, 3.05) is 13.2 Å². The van der Waals surface area contributed by atoms with E-state index in [2.05, 4.69) is 0 Å². The molecule has 0 aromatic carbocycles. The number of carbonyl (C=O) groups is 2. The van der Waals surface area contributed by atoms with E-state index in [-0.39, 0.29) is 6.61 Å². The first-order valence-electron chi connectivity index (χ1n) is 6.18. The summed E-state index contributed by atoms with van der Waals surface area (Å²) in [6.45, 7) is -0.765. The zero-order valence-corrected chi connectivity index (χ0v) is 10.0.